The van der Waals surface area contributed by atoms with Crippen molar-refractivity contribution in [1.29, 1.82) is 0 Å². The molecule has 2 heterocycles. The van der Waals surface area contributed by atoms with Crippen molar-refractivity contribution >= 4 is 23.3 Å². The molecule has 4 rings (SSSR count). The molecule has 2 aromatic rings. The normalized spacial score (nSPS) is 18.1. The van der Waals surface area contributed by atoms with Gasteiger partial charge in [-0.25, -0.2) is 0 Å². The van der Waals surface area contributed by atoms with Crippen LogP contribution in [0.3, 0.4) is 0 Å². The van der Waals surface area contributed by atoms with Gasteiger partial charge in [0.25, 0.3) is 0 Å². The van der Waals surface area contributed by atoms with Crippen molar-refractivity contribution in [3.63, 3.8) is 0 Å². The number of hydrogen-bond acceptors (Lipinski definition) is 4. The maximum Gasteiger partial charge on any atom is 0.417 e. The monoisotopic (exact) mass is 370 g/mol. The van der Waals surface area contributed by atoms with E-state index >= 15 is 0 Å². The summed E-state index contributed by atoms with van der Waals surface area (Å²) in [7, 11) is 0. The first kappa shape index (κ1) is 16.7. The maximum atomic E-state index is 12.8. The van der Waals surface area contributed by atoms with Crippen molar-refractivity contribution in [2.24, 2.45) is 11.8 Å². The lowest BCUT2D eigenvalue weighted by Crippen LogP contribution is -2.39. The fourth-order valence-corrected chi connectivity index (χ4v) is 3.75. The summed E-state index contributed by atoms with van der Waals surface area (Å²) in [5.41, 5.74) is -0.446. The molecule has 1 N–H and O–H groups in total. The number of nitrogens with one attached hydrogen (secondary N) is 1. The van der Waals surface area contributed by atoms with Gasteiger partial charge in [0.05, 0.1) is 11.3 Å². The second-order valence-electron chi connectivity index (χ2n) is 6.68. The number of amides is 1. The van der Waals surface area contributed by atoms with Gasteiger partial charge in [-0.1, -0.05) is 11.8 Å². The van der Waals surface area contributed by atoms with Crippen molar-refractivity contribution in [2.75, 3.05) is 5.75 Å². The van der Waals surface area contributed by atoms with E-state index in [1.54, 1.807) is 0 Å². The Kier molecular flexibility index (Phi) is 4.13. The van der Waals surface area contributed by atoms with Crippen LogP contribution in [0.25, 0.3) is 5.65 Å². The van der Waals surface area contributed by atoms with Gasteiger partial charge in [-0.2, -0.15) is 13.2 Å². The van der Waals surface area contributed by atoms with Crippen molar-refractivity contribution in [3.05, 3.63) is 23.9 Å². The van der Waals surface area contributed by atoms with Gasteiger partial charge < -0.3 is 5.32 Å². The standard InChI is InChI=1S/C16H17F3N4OS/c17-16(18,19)11-5-6-12-21-22-15(23(12)7-11)25-8-13(24)20-14(9-1-2-9)10-3-4-10/h5-7,9-10,14H,1-4,8H2,(H,20,24). The van der Waals surface area contributed by atoms with Crippen molar-refractivity contribution < 1.29 is 18.0 Å². The molecule has 0 spiro atoms. The average molecular weight is 370 g/mol. The van der Waals surface area contributed by atoms with Crippen LogP contribution in [-0.2, 0) is 11.0 Å². The molecule has 0 unspecified atom stereocenters. The first-order valence-corrected chi connectivity index (χ1v) is 9.24. The van der Waals surface area contributed by atoms with E-state index in [4.69, 9.17) is 0 Å². The number of hydrogen-bond donors (Lipinski definition) is 1. The molecule has 2 saturated carbocycles. The van der Waals surface area contributed by atoms with Gasteiger partial charge in [0.1, 0.15) is 0 Å². The Labute approximate surface area is 146 Å². The summed E-state index contributed by atoms with van der Waals surface area (Å²) in [5.74, 6) is 1.22. The third-order valence-corrected chi connectivity index (χ3v) is 5.56. The molecule has 2 fully saturated rings. The molecule has 2 aliphatic carbocycles. The van der Waals surface area contributed by atoms with E-state index in [1.165, 1.54) is 36.2 Å². The maximum absolute atomic E-state index is 12.8. The molecule has 9 heteroatoms. The second kappa shape index (κ2) is 6.19. The summed E-state index contributed by atoms with van der Waals surface area (Å²) in [6.45, 7) is 0. The number of thioether (sulfide) groups is 1. The summed E-state index contributed by atoms with van der Waals surface area (Å²) >= 11 is 1.10. The van der Waals surface area contributed by atoms with Gasteiger partial charge in [-0.05, 0) is 49.7 Å². The zero-order valence-electron chi connectivity index (χ0n) is 13.3. The zero-order valence-corrected chi connectivity index (χ0v) is 14.1. The molecule has 0 bridgehead atoms. The minimum atomic E-state index is -4.43. The average Bonchev–Trinajstić information content (AvgIpc) is 3.47. The highest BCUT2D eigenvalue weighted by atomic mass is 32.2. The first-order chi connectivity index (χ1) is 11.9. The third kappa shape index (κ3) is 3.75. The van der Waals surface area contributed by atoms with Gasteiger partial charge in [0.15, 0.2) is 10.8 Å². The van der Waals surface area contributed by atoms with Gasteiger partial charge in [0, 0.05) is 12.2 Å². The molecule has 25 heavy (non-hydrogen) atoms. The van der Waals surface area contributed by atoms with E-state index < -0.39 is 11.7 Å². The molecule has 2 aliphatic rings. The third-order valence-electron chi connectivity index (χ3n) is 4.62. The quantitative estimate of drug-likeness (QED) is 0.794. The molecule has 0 radical (unpaired) electrons. The van der Waals surface area contributed by atoms with E-state index in [0.29, 0.717) is 17.5 Å². The molecule has 134 valence electrons. The highest BCUT2D eigenvalue weighted by Crippen LogP contribution is 2.44. The fraction of sp³-hybridized carbons (Fsp3) is 0.562. The van der Waals surface area contributed by atoms with Crippen molar-refractivity contribution in [1.82, 2.24) is 19.9 Å². The van der Waals surface area contributed by atoms with Gasteiger partial charge >= 0.3 is 6.18 Å². The number of fused-ring (bicyclic) bond motifs is 1. The molecule has 1 amide bonds. The second-order valence-corrected chi connectivity index (χ2v) is 7.63. The topological polar surface area (TPSA) is 59.3 Å². The first-order valence-electron chi connectivity index (χ1n) is 8.26. The van der Waals surface area contributed by atoms with Crippen LogP contribution in [0, 0.1) is 11.8 Å². The Bertz CT molecular complexity index is 786. The highest BCUT2D eigenvalue weighted by molar-refractivity contribution is 7.99. The zero-order chi connectivity index (χ0) is 17.6. The van der Waals surface area contributed by atoms with Crippen LogP contribution in [0.2, 0.25) is 0 Å². The van der Waals surface area contributed by atoms with Gasteiger partial charge in [-0.15, -0.1) is 10.2 Å². The number of halogens is 3. The predicted octanol–water partition coefficient (Wildman–Crippen LogP) is 3.15. The van der Waals surface area contributed by atoms with Crippen LogP contribution >= 0.6 is 11.8 Å². The lowest BCUT2D eigenvalue weighted by Gasteiger charge is -2.17. The molecule has 0 aromatic carbocycles. The Morgan fingerprint density at radius 1 is 1.24 bits per heavy atom. The number of nitrogens with zero attached hydrogens (tertiary/aromatic N) is 3. The van der Waals surface area contributed by atoms with Crippen LogP contribution in [0.1, 0.15) is 31.2 Å². The summed E-state index contributed by atoms with van der Waals surface area (Å²) in [6, 6.07) is 2.51. The summed E-state index contributed by atoms with van der Waals surface area (Å²) in [5, 5.41) is 11.1. The van der Waals surface area contributed by atoms with E-state index in [9.17, 15) is 18.0 Å². The Morgan fingerprint density at radius 3 is 2.52 bits per heavy atom. The van der Waals surface area contributed by atoms with E-state index in [0.717, 1.165) is 24.0 Å². The number of carbonyl (C=O) groups is 1. The Balaban J connectivity index is 1.42. The minimum absolute atomic E-state index is 0.0995. The summed E-state index contributed by atoms with van der Waals surface area (Å²) in [6.07, 6.45) is 1.22. The molecular weight excluding hydrogens is 353 g/mol. The number of aromatic nitrogens is 3. The highest BCUT2D eigenvalue weighted by Gasteiger charge is 2.42. The summed E-state index contributed by atoms with van der Waals surface area (Å²) in [4.78, 5) is 12.2. The smallest absolute Gasteiger partial charge is 0.352 e. The number of carbonyl (C=O) groups excluding carboxylic acids is 1. The van der Waals surface area contributed by atoms with Crippen molar-refractivity contribution in [3.8, 4) is 0 Å². The van der Waals surface area contributed by atoms with Crippen molar-refractivity contribution in [2.45, 2.75) is 43.1 Å². The lowest BCUT2D eigenvalue weighted by molar-refractivity contribution is -0.137. The molecule has 0 aliphatic heterocycles. The van der Waals surface area contributed by atoms with E-state index in [2.05, 4.69) is 15.5 Å². The summed E-state index contributed by atoms with van der Waals surface area (Å²) < 4.78 is 39.8. The lowest BCUT2D eigenvalue weighted by atomic mass is 10.1. The molecule has 0 atom stereocenters. The predicted molar refractivity (Wildman–Crippen MR) is 86.1 cm³/mol. The van der Waals surface area contributed by atoms with Crippen LogP contribution in [-0.4, -0.2) is 32.3 Å². The van der Waals surface area contributed by atoms with Crippen LogP contribution < -0.4 is 5.32 Å². The van der Waals surface area contributed by atoms with Crippen LogP contribution in [0.5, 0.6) is 0 Å². The van der Waals surface area contributed by atoms with Crippen LogP contribution in [0.4, 0.5) is 13.2 Å². The van der Waals surface area contributed by atoms with E-state index in [-0.39, 0.29) is 22.9 Å². The molecule has 2 aromatic heterocycles. The van der Waals surface area contributed by atoms with Crippen LogP contribution in [0.15, 0.2) is 23.5 Å². The Morgan fingerprint density at radius 2 is 1.92 bits per heavy atom. The van der Waals surface area contributed by atoms with Gasteiger partial charge in [0.2, 0.25) is 5.91 Å². The fourth-order valence-electron chi connectivity index (χ4n) is 3.02. The minimum Gasteiger partial charge on any atom is -0.352 e. The number of rotatable bonds is 6. The molecule has 5 nitrogen and oxygen atoms in total. The molecular formula is C16H17F3N4OS. The van der Waals surface area contributed by atoms with Gasteiger partial charge in [-0.3, -0.25) is 9.20 Å². The number of pyridine rings is 1. The largest absolute Gasteiger partial charge is 0.417 e. The molecule has 0 saturated heterocycles. The van der Waals surface area contributed by atoms with E-state index in [1.807, 2.05) is 0 Å². The number of alkyl halides is 3. The Hall–Kier alpha value is -1.77. The SMILES string of the molecule is O=C(CSc1nnc2ccc(C(F)(F)F)cn12)NC(C1CC1)C1CC1.